The first-order chi connectivity index (χ1) is 41.0. The van der Waals surface area contributed by atoms with Crippen molar-refractivity contribution in [2.45, 2.75) is 418 Å². The highest BCUT2D eigenvalue weighted by Crippen LogP contribution is 2.19. The quantitative estimate of drug-likeness (QED) is 0.0320. The molecule has 488 valence electrons. The van der Waals surface area contributed by atoms with Crippen LogP contribution < -0.4 is 5.32 Å². The number of esters is 1. The van der Waals surface area contributed by atoms with Crippen LogP contribution in [0.2, 0.25) is 0 Å². The molecule has 0 rings (SSSR count). The Morgan fingerprint density at radius 1 is 0.337 bits per heavy atom. The summed E-state index contributed by atoms with van der Waals surface area (Å²) in [6.07, 6.45) is 94.9. The van der Waals surface area contributed by atoms with Crippen LogP contribution in [0, 0.1) is 0 Å². The van der Waals surface area contributed by atoms with E-state index in [0.29, 0.717) is 19.4 Å². The number of hydrogen-bond donors (Lipinski definition) is 3. The summed E-state index contributed by atoms with van der Waals surface area (Å²) in [5, 5.41) is 23.3. The first-order valence-electron chi connectivity index (χ1n) is 37.4. The van der Waals surface area contributed by atoms with Crippen molar-refractivity contribution < 1.29 is 24.5 Å². The van der Waals surface area contributed by atoms with Gasteiger partial charge in [-0.15, -0.1) is 0 Å². The number of rotatable bonds is 70. The summed E-state index contributed by atoms with van der Waals surface area (Å²) >= 11 is 0. The van der Waals surface area contributed by atoms with E-state index in [2.05, 4.69) is 55.6 Å². The van der Waals surface area contributed by atoms with Gasteiger partial charge in [0.25, 0.3) is 0 Å². The van der Waals surface area contributed by atoms with Gasteiger partial charge >= 0.3 is 5.97 Å². The minimum absolute atomic E-state index is 0.00699. The van der Waals surface area contributed by atoms with Crippen molar-refractivity contribution in [3.8, 4) is 0 Å². The summed E-state index contributed by atoms with van der Waals surface area (Å²) in [6.45, 7) is 4.92. The van der Waals surface area contributed by atoms with Crippen LogP contribution in [0.15, 0.2) is 48.6 Å². The molecule has 0 aliphatic rings. The smallest absolute Gasteiger partial charge is 0.305 e. The highest BCUT2D eigenvalue weighted by Gasteiger charge is 2.18. The molecule has 0 aliphatic heterocycles. The molecule has 0 saturated carbocycles. The second-order valence-corrected chi connectivity index (χ2v) is 25.6. The molecule has 0 radical (unpaired) electrons. The molecule has 0 aromatic carbocycles. The molecule has 2 atom stereocenters. The number of hydrogen-bond acceptors (Lipinski definition) is 5. The van der Waals surface area contributed by atoms with Gasteiger partial charge in [0.1, 0.15) is 0 Å². The van der Waals surface area contributed by atoms with Gasteiger partial charge < -0.3 is 20.3 Å². The van der Waals surface area contributed by atoms with Crippen LogP contribution in [0.25, 0.3) is 0 Å². The van der Waals surface area contributed by atoms with E-state index < -0.39 is 12.1 Å². The molecule has 0 aliphatic carbocycles. The van der Waals surface area contributed by atoms with E-state index in [4.69, 9.17) is 4.74 Å². The second kappa shape index (κ2) is 72.3. The molecule has 0 fully saturated rings. The van der Waals surface area contributed by atoms with Gasteiger partial charge in [-0.2, -0.15) is 0 Å². The third-order valence-corrected chi connectivity index (χ3v) is 17.3. The molecule has 6 nitrogen and oxygen atoms in total. The zero-order chi connectivity index (χ0) is 59.9. The minimum Gasteiger partial charge on any atom is -0.466 e. The molecule has 0 bridgehead atoms. The SMILES string of the molecule is CCCCCC/C=C\C/C=C\CCCCCCCCCC(=O)OCCCCCCCCCCCCCC/C=C\CCCCCCCCCCCCC(=O)NC(CO)C(O)/C=C/CCCCCCCCCCCCCCCCCCCCCC. The van der Waals surface area contributed by atoms with E-state index in [-0.39, 0.29) is 18.5 Å². The fraction of sp³-hybridized carbons (Fsp3) is 0.870. The summed E-state index contributed by atoms with van der Waals surface area (Å²) in [7, 11) is 0. The zero-order valence-electron chi connectivity index (χ0n) is 55.9. The fourth-order valence-corrected chi connectivity index (χ4v) is 11.6. The second-order valence-electron chi connectivity index (χ2n) is 25.6. The summed E-state index contributed by atoms with van der Waals surface area (Å²) in [4.78, 5) is 24.6. The Kier molecular flexibility index (Phi) is 70.4. The molecule has 3 N–H and O–H groups in total. The molecule has 0 aromatic rings. The monoisotopic (exact) mass is 1160 g/mol. The maximum Gasteiger partial charge on any atom is 0.305 e. The highest BCUT2D eigenvalue weighted by molar-refractivity contribution is 5.76. The Morgan fingerprint density at radius 3 is 0.940 bits per heavy atom. The van der Waals surface area contributed by atoms with E-state index in [1.54, 1.807) is 6.08 Å². The number of aliphatic hydroxyl groups is 2. The lowest BCUT2D eigenvalue weighted by Gasteiger charge is -2.20. The van der Waals surface area contributed by atoms with E-state index >= 15 is 0 Å². The molecule has 0 spiro atoms. The van der Waals surface area contributed by atoms with Crippen LogP contribution in [-0.2, 0) is 14.3 Å². The first kappa shape index (κ1) is 80.8. The fourth-order valence-electron chi connectivity index (χ4n) is 11.6. The average Bonchev–Trinajstić information content (AvgIpc) is 3.49. The van der Waals surface area contributed by atoms with Crippen LogP contribution in [0.4, 0.5) is 0 Å². The maximum atomic E-state index is 12.5. The maximum absolute atomic E-state index is 12.5. The van der Waals surface area contributed by atoms with Crippen molar-refractivity contribution >= 4 is 11.9 Å². The van der Waals surface area contributed by atoms with Crippen LogP contribution in [0.5, 0.6) is 0 Å². The minimum atomic E-state index is -0.848. The molecule has 83 heavy (non-hydrogen) atoms. The zero-order valence-corrected chi connectivity index (χ0v) is 55.9. The summed E-state index contributed by atoms with van der Waals surface area (Å²) in [5.41, 5.74) is 0. The van der Waals surface area contributed by atoms with Gasteiger partial charge in [-0.25, -0.2) is 0 Å². The molecule has 6 heteroatoms. The summed E-state index contributed by atoms with van der Waals surface area (Å²) in [5.74, 6) is -0.0593. The highest BCUT2D eigenvalue weighted by atomic mass is 16.5. The number of carbonyl (C=O) groups is 2. The number of allylic oxidation sites excluding steroid dienone is 7. The molecule has 0 saturated heterocycles. The Bertz CT molecular complexity index is 1390. The van der Waals surface area contributed by atoms with Crippen LogP contribution in [-0.4, -0.2) is 47.4 Å². The van der Waals surface area contributed by atoms with Crippen molar-refractivity contribution in [3.05, 3.63) is 48.6 Å². The third kappa shape index (κ3) is 68.8. The van der Waals surface area contributed by atoms with Crippen molar-refractivity contribution in [2.24, 2.45) is 0 Å². The normalized spacial score (nSPS) is 12.8. The molecule has 0 aromatic heterocycles. The van der Waals surface area contributed by atoms with E-state index in [1.807, 2.05) is 6.08 Å². The molecular formula is C77H145NO5. The number of aliphatic hydroxyl groups excluding tert-OH is 2. The number of unbranched alkanes of at least 4 members (excludes halogenated alkanes) is 53. The van der Waals surface area contributed by atoms with E-state index in [0.717, 1.165) is 51.4 Å². The van der Waals surface area contributed by atoms with E-state index in [1.165, 1.54) is 327 Å². The van der Waals surface area contributed by atoms with Gasteiger partial charge in [0.05, 0.1) is 25.4 Å². The Labute approximate surface area is 518 Å². The predicted octanol–water partition coefficient (Wildman–Crippen LogP) is 24.4. The van der Waals surface area contributed by atoms with Crippen LogP contribution in [0.1, 0.15) is 406 Å². The summed E-state index contributed by atoms with van der Waals surface area (Å²) in [6, 6.07) is -0.631. The van der Waals surface area contributed by atoms with Crippen molar-refractivity contribution in [1.82, 2.24) is 5.32 Å². The van der Waals surface area contributed by atoms with Gasteiger partial charge in [0, 0.05) is 12.8 Å². The lowest BCUT2D eigenvalue weighted by atomic mass is 10.0. The number of ether oxygens (including phenoxy) is 1. The van der Waals surface area contributed by atoms with Gasteiger partial charge in [-0.3, -0.25) is 9.59 Å². The predicted molar refractivity (Wildman–Crippen MR) is 366 cm³/mol. The van der Waals surface area contributed by atoms with Gasteiger partial charge in [0.2, 0.25) is 5.91 Å². The average molecular weight is 1170 g/mol. The standard InChI is InChI=1S/C77H145NO5/c1-3-5-7-9-11-13-15-17-19-21-23-24-31-34-37-41-45-49-53-57-61-65-69-75(80)74(73-79)78-76(81)70-66-62-58-54-50-46-42-38-35-32-29-27-25-26-28-30-33-36-40-44-48-52-56-60-64-68-72-83-77(82)71-67-63-59-55-51-47-43-39-22-20-18-16-14-12-10-8-6-4-2/h14,16,20,22,25,27,65,69,74-75,79-80H,3-13,15,17-19,21,23-24,26,28-64,66-68,70-73H2,1-2H3,(H,78,81)/b16-14-,22-20-,27-25-,69-65+. The Balaban J connectivity index is 3.42. The lowest BCUT2D eigenvalue weighted by molar-refractivity contribution is -0.143. The number of nitrogens with one attached hydrogen (secondary N) is 1. The van der Waals surface area contributed by atoms with Crippen LogP contribution >= 0.6 is 0 Å². The van der Waals surface area contributed by atoms with Crippen molar-refractivity contribution in [2.75, 3.05) is 13.2 Å². The number of amides is 1. The summed E-state index contributed by atoms with van der Waals surface area (Å²) < 4.78 is 5.50. The molecule has 1 amide bonds. The van der Waals surface area contributed by atoms with Gasteiger partial charge in [-0.1, -0.05) is 351 Å². The van der Waals surface area contributed by atoms with Crippen molar-refractivity contribution in [3.63, 3.8) is 0 Å². The Hall–Kier alpha value is -2.18. The lowest BCUT2D eigenvalue weighted by Crippen LogP contribution is -2.45. The topological polar surface area (TPSA) is 95.9 Å². The number of carbonyl (C=O) groups excluding carboxylic acids is 2. The Morgan fingerprint density at radius 2 is 0.602 bits per heavy atom. The van der Waals surface area contributed by atoms with Crippen LogP contribution in [0.3, 0.4) is 0 Å². The third-order valence-electron chi connectivity index (χ3n) is 17.3. The molecule has 2 unspecified atom stereocenters. The van der Waals surface area contributed by atoms with Crippen molar-refractivity contribution in [1.29, 1.82) is 0 Å². The van der Waals surface area contributed by atoms with Gasteiger partial charge in [-0.05, 0) is 89.9 Å². The van der Waals surface area contributed by atoms with E-state index in [9.17, 15) is 19.8 Å². The molecular weight excluding hydrogens is 1020 g/mol. The first-order valence-corrected chi connectivity index (χ1v) is 37.4. The largest absolute Gasteiger partial charge is 0.466 e. The molecule has 0 heterocycles. The van der Waals surface area contributed by atoms with Gasteiger partial charge in [0.15, 0.2) is 0 Å².